The molecule has 2 N–H and O–H groups in total. The summed E-state index contributed by atoms with van der Waals surface area (Å²) in [6, 6.07) is 8.20. The summed E-state index contributed by atoms with van der Waals surface area (Å²) in [4.78, 5) is 14.4. The number of carbonyl (C=O) groups is 1. The van der Waals surface area contributed by atoms with Gasteiger partial charge in [0.05, 0.1) is 13.2 Å². The normalized spacial score (nSPS) is 23.4. The lowest BCUT2D eigenvalue weighted by Gasteiger charge is -2.20. The van der Waals surface area contributed by atoms with Crippen molar-refractivity contribution in [2.75, 3.05) is 38.2 Å². The highest BCUT2D eigenvalue weighted by molar-refractivity contribution is 5.85. The number of halogens is 1. The van der Waals surface area contributed by atoms with Crippen molar-refractivity contribution in [1.29, 1.82) is 0 Å². The Kier molecular flexibility index (Phi) is 6.54. The molecule has 0 saturated carbocycles. The van der Waals surface area contributed by atoms with E-state index in [1.165, 1.54) is 5.69 Å². The van der Waals surface area contributed by atoms with Crippen molar-refractivity contribution in [3.05, 3.63) is 24.3 Å². The van der Waals surface area contributed by atoms with E-state index in [4.69, 9.17) is 4.74 Å². The molecule has 2 atom stereocenters. The quantitative estimate of drug-likeness (QED) is 0.859. The van der Waals surface area contributed by atoms with Crippen LogP contribution in [0.1, 0.15) is 19.3 Å². The number of anilines is 1. The Morgan fingerprint density at radius 1 is 1.43 bits per heavy atom. The van der Waals surface area contributed by atoms with Gasteiger partial charge in [-0.25, -0.2) is 0 Å². The largest absolute Gasteiger partial charge is 0.497 e. The summed E-state index contributed by atoms with van der Waals surface area (Å²) < 4.78 is 5.29. The van der Waals surface area contributed by atoms with Gasteiger partial charge in [0, 0.05) is 31.4 Å². The molecular formula is C17H26ClN3O2. The Bertz CT molecular complexity index is 520. The van der Waals surface area contributed by atoms with Gasteiger partial charge >= 0.3 is 0 Å². The maximum Gasteiger partial charge on any atom is 0.237 e. The molecule has 128 valence electrons. The molecular weight excluding hydrogens is 314 g/mol. The Labute approximate surface area is 144 Å². The molecule has 0 aromatic heterocycles. The third-order valence-corrected chi connectivity index (χ3v) is 4.65. The molecule has 0 bridgehead atoms. The average molecular weight is 340 g/mol. The van der Waals surface area contributed by atoms with Crippen LogP contribution in [0.3, 0.4) is 0 Å². The van der Waals surface area contributed by atoms with E-state index in [1.807, 2.05) is 12.1 Å². The first-order valence-corrected chi connectivity index (χ1v) is 8.16. The second-order valence-corrected chi connectivity index (χ2v) is 6.20. The van der Waals surface area contributed by atoms with Gasteiger partial charge in [-0.05, 0) is 43.9 Å². The number of rotatable bonds is 5. The van der Waals surface area contributed by atoms with Gasteiger partial charge in [-0.2, -0.15) is 0 Å². The molecule has 2 aliphatic heterocycles. The van der Waals surface area contributed by atoms with Gasteiger partial charge in [0.15, 0.2) is 0 Å². The molecule has 6 heteroatoms. The summed E-state index contributed by atoms with van der Waals surface area (Å²) >= 11 is 0. The fraction of sp³-hybridized carbons (Fsp3) is 0.588. The van der Waals surface area contributed by atoms with Crippen LogP contribution in [0, 0.1) is 5.92 Å². The number of hydrogen-bond acceptors (Lipinski definition) is 4. The van der Waals surface area contributed by atoms with Crippen LogP contribution in [0.5, 0.6) is 5.75 Å². The topological polar surface area (TPSA) is 53.6 Å². The third kappa shape index (κ3) is 4.52. The maximum absolute atomic E-state index is 12.0. The number of carbonyl (C=O) groups excluding carboxylic acids is 1. The van der Waals surface area contributed by atoms with Gasteiger partial charge in [-0.3, -0.25) is 4.79 Å². The Morgan fingerprint density at radius 2 is 2.30 bits per heavy atom. The zero-order chi connectivity index (χ0) is 15.4. The first kappa shape index (κ1) is 17.9. The number of hydrogen-bond donors (Lipinski definition) is 2. The molecule has 1 aromatic rings. The van der Waals surface area contributed by atoms with E-state index in [1.54, 1.807) is 7.11 Å². The van der Waals surface area contributed by atoms with E-state index in [0.29, 0.717) is 5.92 Å². The molecule has 3 rings (SSSR count). The second kappa shape index (κ2) is 8.41. The molecule has 0 radical (unpaired) electrons. The smallest absolute Gasteiger partial charge is 0.237 e. The lowest BCUT2D eigenvalue weighted by atomic mass is 10.1. The van der Waals surface area contributed by atoms with Crippen LogP contribution in [-0.4, -0.2) is 45.2 Å². The van der Waals surface area contributed by atoms with Crippen molar-refractivity contribution in [3.63, 3.8) is 0 Å². The molecule has 1 aromatic carbocycles. The summed E-state index contributed by atoms with van der Waals surface area (Å²) in [6.45, 7) is 3.77. The van der Waals surface area contributed by atoms with Gasteiger partial charge in [0.2, 0.25) is 5.91 Å². The number of nitrogens with one attached hydrogen (secondary N) is 2. The highest BCUT2D eigenvalue weighted by atomic mass is 35.5. The SMILES string of the molecule is COc1cccc(N2CCC(CNC(=O)[C@@H]3CCCN3)C2)c1.Cl. The van der Waals surface area contributed by atoms with E-state index < -0.39 is 0 Å². The fourth-order valence-electron chi connectivity index (χ4n) is 3.32. The van der Waals surface area contributed by atoms with Crippen molar-refractivity contribution in [2.24, 2.45) is 5.92 Å². The van der Waals surface area contributed by atoms with Gasteiger partial charge in [0.1, 0.15) is 5.75 Å². The van der Waals surface area contributed by atoms with Crippen LogP contribution in [-0.2, 0) is 4.79 Å². The van der Waals surface area contributed by atoms with Crippen LogP contribution in [0.15, 0.2) is 24.3 Å². The van der Waals surface area contributed by atoms with E-state index >= 15 is 0 Å². The number of amides is 1. The van der Waals surface area contributed by atoms with E-state index in [0.717, 1.165) is 51.2 Å². The monoisotopic (exact) mass is 339 g/mol. The fourth-order valence-corrected chi connectivity index (χ4v) is 3.32. The third-order valence-electron chi connectivity index (χ3n) is 4.65. The van der Waals surface area contributed by atoms with Crippen molar-refractivity contribution >= 4 is 24.0 Å². The lowest BCUT2D eigenvalue weighted by Crippen LogP contribution is -2.42. The van der Waals surface area contributed by atoms with Crippen LogP contribution >= 0.6 is 12.4 Å². The zero-order valence-electron chi connectivity index (χ0n) is 13.6. The highest BCUT2D eigenvalue weighted by Gasteiger charge is 2.26. The summed E-state index contributed by atoms with van der Waals surface area (Å²) in [5, 5.41) is 6.35. The molecule has 2 heterocycles. The first-order chi connectivity index (χ1) is 10.8. The van der Waals surface area contributed by atoms with Crippen LogP contribution < -0.4 is 20.3 Å². The maximum atomic E-state index is 12.0. The summed E-state index contributed by atoms with van der Waals surface area (Å²) in [5.41, 5.74) is 1.20. The molecule has 2 fully saturated rings. The Balaban J connectivity index is 0.00000192. The summed E-state index contributed by atoms with van der Waals surface area (Å²) in [6.07, 6.45) is 3.19. The predicted molar refractivity (Wildman–Crippen MR) is 94.6 cm³/mol. The minimum absolute atomic E-state index is 0. The van der Waals surface area contributed by atoms with Gasteiger partial charge < -0.3 is 20.3 Å². The van der Waals surface area contributed by atoms with Crippen molar-refractivity contribution in [3.8, 4) is 5.75 Å². The summed E-state index contributed by atoms with van der Waals surface area (Å²) in [5.74, 6) is 1.58. The molecule has 5 nitrogen and oxygen atoms in total. The Hall–Kier alpha value is -1.46. The first-order valence-electron chi connectivity index (χ1n) is 8.16. The average Bonchev–Trinajstić information content (AvgIpc) is 3.24. The lowest BCUT2D eigenvalue weighted by molar-refractivity contribution is -0.122. The second-order valence-electron chi connectivity index (χ2n) is 6.20. The minimum Gasteiger partial charge on any atom is -0.497 e. The molecule has 2 saturated heterocycles. The summed E-state index contributed by atoms with van der Waals surface area (Å²) in [7, 11) is 1.69. The standard InChI is InChI=1S/C17H25N3O2.ClH/c1-22-15-5-2-4-14(10-15)20-9-7-13(12-20)11-19-17(21)16-6-3-8-18-16;/h2,4-5,10,13,16,18H,3,6-9,11-12H2,1H3,(H,19,21);1H/t13?,16-;/m0./s1. The number of ether oxygens (including phenoxy) is 1. The van der Waals surface area contributed by atoms with Gasteiger partial charge in [0.25, 0.3) is 0 Å². The van der Waals surface area contributed by atoms with Gasteiger partial charge in [-0.1, -0.05) is 6.07 Å². The highest BCUT2D eigenvalue weighted by Crippen LogP contribution is 2.26. The van der Waals surface area contributed by atoms with Crippen LogP contribution in [0.2, 0.25) is 0 Å². The zero-order valence-corrected chi connectivity index (χ0v) is 14.4. The molecule has 2 aliphatic rings. The van der Waals surface area contributed by atoms with E-state index in [-0.39, 0.29) is 24.4 Å². The molecule has 0 aliphatic carbocycles. The Morgan fingerprint density at radius 3 is 3.04 bits per heavy atom. The molecule has 0 spiro atoms. The predicted octanol–water partition coefficient (Wildman–Crippen LogP) is 1.81. The number of nitrogens with zero attached hydrogens (tertiary/aromatic N) is 1. The molecule has 1 unspecified atom stereocenters. The molecule has 23 heavy (non-hydrogen) atoms. The van der Waals surface area contributed by atoms with E-state index in [9.17, 15) is 4.79 Å². The van der Waals surface area contributed by atoms with Crippen molar-refractivity contribution in [1.82, 2.24) is 10.6 Å². The van der Waals surface area contributed by atoms with Crippen LogP contribution in [0.4, 0.5) is 5.69 Å². The van der Waals surface area contributed by atoms with E-state index in [2.05, 4.69) is 27.7 Å². The van der Waals surface area contributed by atoms with Crippen LogP contribution in [0.25, 0.3) is 0 Å². The van der Waals surface area contributed by atoms with Crippen molar-refractivity contribution < 1.29 is 9.53 Å². The minimum atomic E-state index is 0. The number of benzene rings is 1. The molecule has 1 amide bonds. The number of methoxy groups -OCH3 is 1. The van der Waals surface area contributed by atoms with Crippen molar-refractivity contribution in [2.45, 2.75) is 25.3 Å². The van der Waals surface area contributed by atoms with Gasteiger partial charge in [-0.15, -0.1) is 12.4 Å².